The summed E-state index contributed by atoms with van der Waals surface area (Å²) in [6, 6.07) is 18.0. The molecule has 0 heterocycles. The lowest BCUT2D eigenvalue weighted by atomic mass is 10.1. The van der Waals surface area contributed by atoms with Gasteiger partial charge < -0.3 is 9.84 Å². The van der Waals surface area contributed by atoms with Crippen molar-refractivity contribution in [2.24, 2.45) is 4.99 Å². The maximum Gasteiger partial charge on any atom is 0.335 e. The molecule has 0 aromatic heterocycles. The Kier molecular flexibility index (Phi) is 6.49. The van der Waals surface area contributed by atoms with Crippen molar-refractivity contribution in [3.63, 3.8) is 0 Å². The lowest BCUT2D eigenvalue weighted by molar-refractivity contribution is 0.0697. The average molecular weight is 459 g/mol. The second-order valence-corrected chi connectivity index (χ2v) is 7.43. The van der Waals surface area contributed by atoms with Crippen LogP contribution in [0.25, 0.3) is 0 Å². The lowest BCUT2D eigenvalue weighted by Crippen LogP contribution is -1.99. The summed E-state index contributed by atoms with van der Waals surface area (Å²) in [5.41, 5.74) is 3.86. The van der Waals surface area contributed by atoms with E-state index in [4.69, 9.17) is 21.4 Å². The molecule has 0 fully saturated rings. The summed E-state index contributed by atoms with van der Waals surface area (Å²) < 4.78 is 6.62. The summed E-state index contributed by atoms with van der Waals surface area (Å²) in [6.07, 6.45) is 1.76. The largest absolute Gasteiger partial charge is 0.488 e. The third-order valence-corrected chi connectivity index (χ3v) is 5.10. The maximum atomic E-state index is 10.9. The number of ether oxygens (including phenoxy) is 1. The van der Waals surface area contributed by atoms with Crippen LogP contribution in [0, 0.1) is 6.92 Å². The first-order valence-corrected chi connectivity index (χ1v) is 9.64. The summed E-state index contributed by atoms with van der Waals surface area (Å²) in [6.45, 7) is 2.29. The van der Waals surface area contributed by atoms with E-state index in [9.17, 15) is 4.79 Å². The molecule has 0 aliphatic carbocycles. The fourth-order valence-electron chi connectivity index (χ4n) is 2.43. The van der Waals surface area contributed by atoms with Crippen molar-refractivity contribution in [3.05, 3.63) is 92.4 Å². The smallest absolute Gasteiger partial charge is 0.335 e. The molecule has 0 radical (unpaired) electrons. The summed E-state index contributed by atoms with van der Waals surface area (Å²) >= 11 is 9.64. The van der Waals surface area contributed by atoms with Gasteiger partial charge in [-0.05, 0) is 82.0 Å². The molecule has 0 saturated heterocycles. The molecule has 0 unspecified atom stereocenters. The van der Waals surface area contributed by atoms with Gasteiger partial charge in [-0.1, -0.05) is 29.8 Å². The van der Waals surface area contributed by atoms with E-state index in [1.165, 1.54) is 0 Å². The van der Waals surface area contributed by atoms with Gasteiger partial charge in [-0.2, -0.15) is 0 Å². The van der Waals surface area contributed by atoms with Crippen molar-refractivity contribution in [3.8, 4) is 5.75 Å². The monoisotopic (exact) mass is 457 g/mol. The number of halogens is 2. The second kappa shape index (κ2) is 9.04. The molecule has 0 aliphatic rings. The molecule has 3 rings (SSSR count). The van der Waals surface area contributed by atoms with Crippen molar-refractivity contribution in [1.82, 2.24) is 0 Å². The Hall–Kier alpha value is -2.63. The highest BCUT2D eigenvalue weighted by molar-refractivity contribution is 9.10. The van der Waals surface area contributed by atoms with Crippen molar-refractivity contribution >= 4 is 45.4 Å². The third kappa shape index (κ3) is 5.21. The van der Waals surface area contributed by atoms with Gasteiger partial charge in [0.2, 0.25) is 0 Å². The summed E-state index contributed by atoms with van der Waals surface area (Å²) in [5, 5.41) is 9.62. The summed E-state index contributed by atoms with van der Waals surface area (Å²) in [4.78, 5) is 15.3. The molecule has 3 aromatic carbocycles. The van der Waals surface area contributed by atoms with Gasteiger partial charge in [0.15, 0.2) is 0 Å². The second-order valence-electron chi connectivity index (χ2n) is 6.17. The molecule has 142 valence electrons. The first kappa shape index (κ1) is 20.1. The number of hydrogen-bond donors (Lipinski definition) is 1. The predicted molar refractivity (Wildman–Crippen MR) is 115 cm³/mol. The van der Waals surface area contributed by atoms with Crippen LogP contribution < -0.4 is 4.74 Å². The fraction of sp³-hybridized carbons (Fsp3) is 0.0909. The molecule has 0 bridgehead atoms. The number of benzene rings is 3. The van der Waals surface area contributed by atoms with Gasteiger partial charge in [-0.15, -0.1) is 0 Å². The number of hydrogen-bond acceptors (Lipinski definition) is 3. The Morgan fingerprint density at radius 2 is 1.89 bits per heavy atom. The van der Waals surface area contributed by atoms with Crippen LogP contribution in [0.4, 0.5) is 5.69 Å². The van der Waals surface area contributed by atoms with Gasteiger partial charge in [0, 0.05) is 11.2 Å². The minimum Gasteiger partial charge on any atom is -0.488 e. The minimum absolute atomic E-state index is 0.253. The number of aliphatic imine (C=N–C) groups is 1. The first-order chi connectivity index (χ1) is 13.4. The third-order valence-electron chi connectivity index (χ3n) is 4.07. The molecule has 28 heavy (non-hydrogen) atoms. The number of rotatable bonds is 6. The van der Waals surface area contributed by atoms with E-state index in [0.29, 0.717) is 17.4 Å². The molecular formula is C22H17BrClNO3. The van der Waals surface area contributed by atoms with Crippen LogP contribution in [0.15, 0.2) is 70.1 Å². The number of nitrogens with zero attached hydrogens (tertiary/aromatic N) is 1. The van der Waals surface area contributed by atoms with Gasteiger partial charge in [-0.25, -0.2) is 4.79 Å². The van der Waals surface area contributed by atoms with E-state index in [1.54, 1.807) is 30.5 Å². The maximum absolute atomic E-state index is 10.9. The minimum atomic E-state index is -0.944. The van der Waals surface area contributed by atoms with Crippen LogP contribution in [0.1, 0.15) is 27.0 Å². The molecule has 0 saturated carbocycles. The molecule has 4 nitrogen and oxygen atoms in total. The molecule has 0 amide bonds. The highest BCUT2D eigenvalue weighted by atomic mass is 79.9. The zero-order chi connectivity index (χ0) is 20.1. The van der Waals surface area contributed by atoms with Gasteiger partial charge in [0.1, 0.15) is 12.4 Å². The summed E-state index contributed by atoms with van der Waals surface area (Å²) in [5.74, 6) is -0.252. The van der Waals surface area contributed by atoms with E-state index < -0.39 is 5.97 Å². The molecule has 0 spiro atoms. The predicted octanol–water partition coefficient (Wildman–Crippen LogP) is 6.44. The normalized spacial score (nSPS) is 11.0. The van der Waals surface area contributed by atoms with Gasteiger partial charge in [-0.3, -0.25) is 4.99 Å². The average Bonchev–Trinajstić information content (AvgIpc) is 2.68. The summed E-state index contributed by atoms with van der Waals surface area (Å²) in [7, 11) is 0. The van der Waals surface area contributed by atoms with Gasteiger partial charge in [0.25, 0.3) is 0 Å². The zero-order valence-corrected chi connectivity index (χ0v) is 17.4. The molecule has 1 N–H and O–H groups in total. The zero-order valence-electron chi connectivity index (χ0n) is 15.0. The van der Waals surface area contributed by atoms with Crippen LogP contribution in [0.3, 0.4) is 0 Å². The molecule has 0 aliphatic heterocycles. The van der Waals surface area contributed by atoms with Crippen LogP contribution in [-0.2, 0) is 6.61 Å². The quantitative estimate of drug-likeness (QED) is 0.432. The van der Waals surface area contributed by atoms with Crippen molar-refractivity contribution in [1.29, 1.82) is 0 Å². The van der Waals surface area contributed by atoms with Crippen molar-refractivity contribution in [2.75, 3.05) is 0 Å². The van der Waals surface area contributed by atoms with Crippen molar-refractivity contribution in [2.45, 2.75) is 13.5 Å². The topological polar surface area (TPSA) is 58.9 Å². The Labute approximate surface area is 176 Å². The number of carboxylic acid groups (broad SMARTS) is 1. The van der Waals surface area contributed by atoms with E-state index in [1.807, 2.05) is 43.3 Å². The van der Waals surface area contributed by atoms with E-state index in [2.05, 4.69) is 20.9 Å². The van der Waals surface area contributed by atoms with Crippen LogP contribution >= 0.6 is 27.5 Å². The van der Waals surface area contributed by atoms with Crippen LogP contribution in [0.2, 0.25) is 5.02 Å². The van der Waals surface area contributed by atoms with Gasteiger partial charge >= 0.3 is 5.97 Å². The van der Waals surface area contributed by atoms with E-state index in [0.717, 1.165) is 26.9 Å². The first-order valence-electron chi connectivity index (χ1n) is 8.47. The van der Waals surface area contributed by atoms with E-state index in [-0.39, 0.29) is 5.56 Å². The number of carbonyl (C=O) groups is 1. The molecule has 6 heteroatoms. The van der Waals surface area contributed by atoms with Crippen LogP contribution in [0.5, 0.6) is 5.75 Å². The molecule has 3 aromatic rings. The van der Waals surface area contributed by atoms with Crippen molar-refractivity contribution < 1.29 is 14.6 Å². The SMILES string of the molecule is Cc1ccc(N=Cc2ccc(OCc3ccc(C(=O)O)cc3)c(Br)c2)cc1Cl. The lowest BCUT2D eigenvalue weighted by Gasteiger charge is -2.09. The number of aryl methyl sites for hydroxylation is 1. The highest BCUT2D eigenvalue weighted by Crippen LogP contribution is 2.27. The Bertz CT molecular complexity index is 1030. The number of carboxylic acids is 1. The Morgan fingerprint density at radius 3 is 2.54 bits per heavy atom. The Balaban J connectivity index is 1.65. The number of aromatic carboxylic acids is 1. The highest BCUT2D eigenvalue weighted by Gasteiger charge is 2.05. The van der Waals surface area contributed by atoms with Gasteiger partial charge in [0.05, 0.1) is 15.7 Å². The molecular weight excluding hydrogens is 442 g/mol. The van der Waals surface area contributed by atoms with Crippen LogP contribution in [-0.4, -0.2) is 17.3 Å². The fourth-order valence-corrected chi connectivity index (χ4v) is 3.12. The molecule has 0 atom stereocenters. The van der Waals surface area contributed by atoms with E-state index >= 15 is 0 Å². The standard InChI is InChI=1S/C22H17BrClNO3/c1-14-2-8-18(11-20(14)24)25-12-16-5-9-21(19(23)10-16)28-13-15-3-6-17(7-4-15)22(26)27/h2-12H,13H2,1H3,(H,26,27). The Morgan fingerprint density at radius 1 is 1.14 bits per heavy atom.